The van der Waals surface area contributed by atoms with E-state index in [2.05, 4.69) is 10.3 Å². The quantitative estimate of drug-likeness (QED) is 0.487. The van der Waals surface area contributed by atoms with Crippen molar-refractivity contribution >= 4 is 28.0 Å². The van der Waals surface area contributed by atoms with Crippen molar-refractivity contribution in [1.29, 1.82) is 0 Å². The number of para-hydroxylation sites is 3. The summed E-state index contributed by atoms with van der Waals surface area (Å²) in [6.07, 6.45) is 0. The van der Waals surface area contributed by atoms with Crippen molar-refractivity contribution in [2.24, 2.45) is 0 Å². The van der Waals surface area contributed by atoms with E-state index in [4.69, 9.17) is 14.4 Å². The van der Waals surface area contributed by atoms with Gasteiger partial charge in [-0.2, -0.15) is 0 Å². The van der Waals surface area contributed by atoms with Crippen LogP contribution in [-0.2, 0) is 0 Å². The van der Waals surface area contributed by atoms with Crippen molar-refractivity contribution in [2.75, 3.05) is 12.4 Å². The smallest absolute Gasteiger partial charge is 0.227 e. The molecule has 5 heteroatoms. The molecule has 27 heavy (non-hydrogen) atoms. The molecule has 0 bridgehead atoms. The maximum absolute atomic E-state index is 6.14. The molecule has 5 rings (SSSR count). The van der Waals surface area contributed by atoms with E-state index in [1.165, 1.54) is 0 Å². The first-order chi connectivity index (χ1) is 13.3. The third-order valence-corrected chi connectivity index (χ3v) is 4.50. The van der Waals surface area contributed by atoms with E-state index in [9.17, 15) is 0 Å². The van der Waals surface area contributed by atoms with Crippen LogP contribution >= 0.6 is 0 Å². The molecule has 0 amide bonds. The highest BCUT2D eigenvalue weighted by atomic mass is 16.3. The molecule has 0 saturated carbocycles. The van der Waals surface area contributed by atoms with E-state index in [-0.39, 0.29) is 0 Å². The summed E-state index contributed by atoms with van der Waals surface area (Å²) in [4.78, 5) is 14.2. The van der Waals surface area contributed by atoms with Gasteiger partial charge in [0.15, 0.2) is 11.4 Å². The summed E-state index contributed by atoms with van der Waals surface area (Å²) in [6.45, 7) is 0. The van der Waals surface area contributed by atoms with Crippen LogP contribution in [-0.4, -0.2) is 22.0 Å². The Morgan fingerprint density at radius 1 is 0.704 bits per heavy atom. The zero-order valence-corrected chi connectivity index (χ0v) is 14.7. The van der Waals surface area contributed by atoms with E-state index in [1.54, 1.807) is 0 Å². The van der Waals surface area contributed by atoms with Gasteiger partial charge in [0.2, 0.25) is 5.89 Å². The highest BCUT2D eigenvalue weighted by molar-refractivity contribution is 5.95. The van der Waals surface area contributed by atoms with Gasteiger partial charge < -0.3 is 9.73 Å². The van der Waals surface area contributed by atoms with Gasteiger partial charge >= 0.3 is 0 Å². The number of aromatic nitrogens is 3. The van der Waals surface area contributed by atoms with Crippen LogP contribution in [0, 0.1) is 0 Å². The fraction of sp³-hybridized carbons (Fsp3) is 0.0455. The molecule has 0 atom stereocenters. The number of rotatable bonds is 3. The van der Waals surface area contributed by atoms with Gasteiger partial charge in [-0.3, -0.25) is 0 Å². The van der Waals surface area contributed by atoms with E-state index in [0.29, 0.717) is 17.3 Å². The number of hydrogen-bond acceptors (Lipinski definition) is 5. The first-order valence-electron chi connectivity index (χ1n) is 8.73. The Hall–Kier alpha value is -3.73. The minimum absolute atomic E-state index is 0.595. The molecule has 2 aromatic heterocycles. The topological polar surface area (TPSA) is 63.8 Å². The van der Waals surface area contributed by atoms with Gasteiger partial charge in [0, 0.05) is 18.2 Å². The molecule has 5 aromatic rings. The summed E-state index contributed by atoms with van der Waals surface area (Å²) in [5.74, 6) is 1.30. The van der Waals surface area contributed by atoms with Gasteiger partial charge in [0.25, 0.3) is 0 Å². The lowest BCUT2D eigenvalue weighted by atomic mass is 10.1. The maximum atomic E-state index is 6.14. The second-order valence-corrected chi connectivity index (χ2v) is 6.20. The Balaban J connectivity index is 1.76. The van der Waals surface area contributed by atoms with Crippen LogP contribution in [0.25, 0.3) is 44.8 Å². The molecule has 0 radical (unpaired) electrons. The second-order valence-electron chi connectivity index (χ2n) is 6.20. The van der Waals surface area contributed by atoms with Gasteiger partial charge in [0.1, 0.15) is 11.2 Å². The zero-order valence-electron chi connectivity index (χ0n) is 14.7. The molecule has 0 unspecified atom stereocenters. The SMILES string of the molecule is CNc1nc2ccccc2nc1-c1cccc2nc(-c3ccccc3)oc12. The molecular formula is C22H16N4O. The highest BCUT2D eigenvalue weighted by Crippen LogP contribution is 2.34. The molecule has 0 aliphatic rings. The highest BCUT2D eigenvalue weighted by Gasteiger charge is 2.17. The first-order valence-corrected chi connectivity index (χ1v) is 8.73. The molecule has 5 nitrogen and oxygen atoms in total. The summed E-state index contributed by atoms with van der Waals surface area (Å²) in [5, 5.41) is 3.15. The van der Waals surface area contributed by atoms with Gasteiger partial charge in [0.05, 0.1) is 11.0 Å². The number of benzene rings is 3. The summed E-state index contributed by atoms with van der Waals surface area (Å²) in [5.41, 5.74) is 5.74. The molecule has 0 fully saturated rings. The molecule has 1 N–H and O–H groups in total. The molecule has 0 aliphatic heterocycles. The minimum atomic E-state index is 0.595. The predicted octanol–water partition coefficient (Wildman–Crippen LogP) is 5.15. The standard InChI is InChI=1S/C22H16N4O/c1-23-21-19(24-16-11-5-6-12-17(16)25-21)15-10-7-13-18-20(15)27-22(26-18)14-8-3-2-4-9-14/h2-13H,1H3,(H,23,25). The third kappa shape index (κ3) is 2.60. The number of fused-ring (bicyclic) bond motifs is 2. The largest absolute Gasteiger partial charge is 0.435 e. The number of oxazole rings is 1. The molecule has 0 aliphatic carbocycles. The van der Waals surface area contributed by atoms with Crippen LogP contribution in [0.5, 0.6) is 0 Å². The van der Waals surface area contributed by atoms with Crippen LogP contribution in [0.15, 0.2) is 77.2 Å². The fourth-order valence-corrected chi connectivity index (χ4v) is 3.20. The van der Waals surface area contributed by atoms with Crippen molar-refractivity contribution in [1.82, 2.24) is 15.0 Å². The van der Waals surface area contributed by atoms with Crippen molar-refractivity contribution in [3.8, 4) is 22.7 Å². The van der Waals surface area contributed by atoms with Crippen LogP contribution < -0.4 is 5.32 Å². The lowest BCUT2D eigenvalue weighted by Gasteiger charge is -2.09. The zero-order chi connectivity index (χ0) is 18.2. The van der Waals surface area contributed by atoms with Crippen LogP contribution in [0.3, 0.4) is 0 Å². The molecule has 0 spiro atoms. The Labute approximate surface area is 155 Å². The van der Waals surface area contributed by atoms with Gasteiger partial charge in [-0.15, -0.1) is 0 Å². The third-order valence-electron chi connectivity index (χ3n) is 4.50. The van der Waals surface area contributed by atoms with Crippen molar-refractivity contribution in [3.63, 3.8) is 0 Å². The molecular weight excluding hydrogens is 336 g/mol. The van der Waals surface area contributed by atoms with E-state index in [1.807, 2.05) is 79.8 Å². The Bertz CT molecular complexity index is 1260. The predicted molar refractivity (Wildman–Crippen MR) is 108 cm³/mol. The summed E-state index contributed by atoms with van der Waals surface area (Å²) in [6, 6.07) is 23.6. The summed E-state index contributed by atoms with van der Waals surface area (Å²) >= 11 is 0. The first kappa shape index (κ1) is 15.5. The number of hydrogen-bond donors (Lipinski definition) is 1. The Morgan fingerprint density at radius 3 is 2.19 bits per heavy atom. The van der Waals surface area contributed by atoms with Crippen molar-refractivity contribution in [3.05, 3.63) is 72.8 Å². The second kappa shape index (κ2) is 6.21. The molecule has 2 heterocycles. The van der Waals surface area contributed by atoms with E-state index < -0.39 is 0 Å². The lowest BCUT2D eigenvalue weighted by Crippen LogP contribution is -1.99. The van der Waals surface area contributed by atoms with Gasteiger partial charge in [-0.1, -0.05) is 36.4 Å². The van der Waals surface area contributed by atoms with Crippen molar-refractivity contribution in [2.45, 2.75) is 0 Å². The minimum Gasteiger partial charge on any atom is -0.435 e. The summed E-state index contributed by atoms with van der Waals surface area (Å²) < 4.78 is 6.14. The fourth-order valence-electron chi connectivity index (χ4n) is 3.20. The van der Waals surface area contributed by atoms with Crippen molar-refractivity contribution < 1.29 is 4.42 Å². The van der Waals surface area contributed by atoms with Gasteiger partial charge in [-0.05, 0) is 36.4 Å². The Morgan fingerprint density at radius 2 is 1.41 bits per heavy atom. The average Bonchev–Trinajstić information content (AvgIpc) is 3.18. The van der Waals surface area contributed by atoms with E-state index in [0.717, 1.165) is 33.4 Å². The lowest BCUT2D eigenvalue weighted by molar-refractivity contribution is 0.620. The van der Waals surface area contributed by atoms with Crippen LogP contribution in [0.2, 0.25) is 0 Å². The average molecular weight is 352 g/mol. The molecule has 130 valence electrons. The number of nitrogens with zero attached hydrogens (tertiary/aromatic N) is 3. The number of nitrogens with one attached hydrogen (secondary N) is 1. The Kier molecular flexibility index (Phi) is 3.57. The maximum Gasteiger partial charge on any atom is 0.227 e. The van der Waals surface area contributed by atoms with Gasteiger partial charge in [-0.25, -0.2) is 15.0 Å². The number of anilines is 1. The van der Waals surface area contributed by atoms with Crippen LogP contribution in [0.4, 0.5) is 5.82 Å². The normalized spacial score (nSPS) is 11.1. The molecule has 0 saturated heterocycles. The summed E-state index contributed by atoms with van der Waals surface area (Å²) in [7, 11) is 1.85. The monoisotopic (exact) mass is 352 g/mol. The van der Waals surface area contributed by atoms with E-state index >= 15 is 0 Å². The molecule has 3 aromatic carbocycles. The van der Waals surface area contributed by atoms with Crippen LogP contribution in [0.1, 0.15) is 0 Å².